The average molecular weight is 384 g/mol. The second-order valence-corrected chi connectivity index (χ2v) is 8.11. The number of nitrogens with one attached hydrogen (secondary N) is 2. The Morgan fingerprint density at radius 2 is 1.73 bits per heavy atom. The van der Waals surface area contributed by atoms with Crippen LogP contribution in [0.15, 0.2) is 24.3 Å². The van der Waals surface area contributed by atoms with Gasteiger partial charge < -0.3 is 10.4 Å². The highest BCUT2D eigenvalue weighted by Crippen LogP contribution is 2.15. The predicted molar refractivity (Wildman–Crippen MR) is 95.9 cm³/mol. The first-order chi connectivity index (χ1) is 12.1. The molecule has 2 amide bonds. The molecule has 26 heavy (non-hydrogen) atoms. The van der Waals surface area contributed by atoms with E-state index in [2.05, 4.69) is 13.8 Å². The van der Waals surface area contributed by atoms with Crippen molar-refractivity contribution in [2.75, 3.05) is 12.3 Å². The van der Waals surface area contributed by atoms with Gasteiger partial charge in [0.15, 0.2) is 0 Å². The van der Waals surface area contributed by atoms with Crippen molar-refractivity contribution in [1.82, 2.24) is 10.0 Å². The molecule has 1 rings (SSSR count). The largest absolute Gasteiger partial charge is 0.474 e. The molecule has 0 spiro atoms. The van der Waals surface area contributed by atoms with Gasteiger partial charge >= 0.3 is 11.9 Å². The topological polar surface area (TPSA) is 130 Å². The van der Waals surface area contributed by atoms with Crippen molar-refractivity contribution in [3.63, 3.8) is 0 Å². The average Bonchev–Trinajstić information content (AvgIpc) is 2.52. The van der Waals surface area contributed by atoms with Gasteiger partial charge in [0.1, 0.15) is 0 Å². The SMILES string of the molecule is CC(C)Cc1ccccc1CCC(=O)NS(=O)(=O)CCNC(=O)C(=O)O. The molecule has 0 aliphatic carbocycles. The van der Waals surface area contributed by atoms with E-state index in [0.29, 0.717) is 12.3 Å². The molecular formula is C17H24N2O6S. The van der Waals surface area contributed by atoms with Gasteiger partial charge in [-0.3, -0.25) is 14.3 Å². The Morgan fingerprint density at radius 3 is 2.31 bits per heavy atom. The molecule has 8 nitrogen and oxygen atoms in total. The lowest BCUT2D eigenvalue weighted by molar-refractivity contribution is -0.150. The highest BCUT2D eigenvalue weighted by molar-refractivity contribution is 7.90. The monoisotopic (exact) mass is 384 g/mol. The van der Waals surface area contributed by atoms with Crippen molar-refractivity contribution in [3.05, 3.63) is 35.4 Å². The number of carboxylic acids is 1. The first-order valence-electron chi connectivity index (χ1n) is 8.22. The molecular weight excluding hydrogens is 360 g/mol. The van der Waals surface area contributed by atoms with Crippen molar-refractivity contribution in [2.45, 2.75) is 33.1 Å². The van der Waals surface area contributed by atoms with Crippen LogP contribution >= 0.6 is 0 Å². The van der Waals surface area contributed by atoms with Crippen LogP contribution in [0.25, 0.3) is 0 Å². The number of carbonyl (C=O) groups excluding carboxylic acids is 2. The zero-order chi connectivity index (χ0) is 19.7. The van der Waals surface area contributed by atoms with Crippen LogP contribution in [0.3, 0.4) is 0 Å². The Balaban J connectivity index is 2.51. The Hall–Kier alpha value is -2.42. The summed E-state index contributed by atoms with van der Waals surface area (Å²) in [4.78, 5) is 33.0. The molecule has 0 atom stereocenters. The van der Waals surface area contributed by atoms with Gasteiger partial charge in [0, 0.05) is 13.0 Å². The number of carboxylic acid groups (broad SMARTS) is 1. The van der Waals surface area contributed by atoms with Gasteiger partial charge in [-0.25, -0.2) is 13.2 Å². The minimum atomic E-state index is -3.94. The zero-order valence-corrected chi connectivity index (χ0v) is 15.6. The minimum absolute atomic E-state index is 0.00975. The Bertz CT molecular complexity index is 758. The molecule has 0 radical (unpaired) electrons. The number of benzene rings is 1. The molecule has 1 aromatic carbocycles. The van der Waals surface area contributed by atoms with Crippen LogP contribution in [0.2, 0.25) is 0 Å². The number of aryl methyl sites for hydroxylation is 1. The number of aliphatic carboxylic acids is 1. The molecule has 144 valence electrons. The number of sulfonamides is 1. The van der Waals surface area contributed by atoms with Gasteiger partial charge in [-0.05, 0) is 29.9 Å². The minimum Gasteiger partial charge on any atom is -0.474 e. The first kappa shape index (κ1) is 21.6. The quantitative estimate of drug-likeness (QED) is 0.531. The number of rotatable bonds is 9. The highest BCUT2D eigenvalue weighted by atomic mass is 32.2. The van der Waals surface area contributed by atoms with Crippen LogP contribution < -0.4 is 10.0 Å². The van der Waals surface area contributed by atoms with Crippen LogP contribution in [-0.4, -0.2) is 43.6 Å². The normalized spacial score (nSPS) is 11.2. The summed E-state index contributed by atoms with van der Waals surface area (Å²) in [5, 5.41) is 10.3. The van der Waals surface area contributed by atoms with Crippen molar-refractivity contribution in [1.29, 1.82) is 0 Å². The van der Waals surface area contributed by atoms with Gasteiger partial charge in [-0.1, -0.05) is 38.1 Å². The van der Waals surface area contributed by atoms with Gasteiger partial charge in [0.05, 0.1) is 5.75 Å². The van der Waals surface area contributed by atoms with Crippen LogP contribution in [0, 0.1) is 5.92 Å². The fraction of sp³-hybridized carbons (Fsp3) is 0.471. The number of amides is 2. The summed E-state index contributed by atoms with van der Waals surface area (Å²) >= 11 is 0. The lowest BCUT2D eigenvalue weighted by Gasteiger charge is -2.12. The summed E-state index contributed by atoms with van der Waals surface area (Å²) in [5.74, 6) is -3.76. The van der Waals surface area contributed by atoms with E-state index >= 15 is 0 Å². The maximum Gasteiger partial charge on any atom is 0.394 e. The molecule has 0 saturated heterocycles. The van der Waals surface area contributed by atoms with Crippen LogP contribution in [0.1, 0.15) is 31.4 Å². The van der Waals surface area contributed by atoms with Crippen LogP contribution in [0.4, 0.5) is 0 Å². The van der Waals surface area contributed by atoms with E-state index in [1.54, 1.807) is 0 Å². The third-order valence-electron chi connectivity index (χ3n) is 3.49. The Morgan fingerprint density at radius 1 is 1.12 bits per heavy atom. The third-order valence-corrected chi connectivity index (χ3v) is 4.77. The standard InChI is InChI=1S/C17H24N2O6S/c1-12(2)11-14-6-4-3-5-13(14)7-8-15(20)19-26(24,25)10-9-18-16(21)17(22)23/h3-6,12H,7-11H2,1-2H3,(H,18,21)(H,19,20)(H,22,23). The lowest BCUT2D eigenvalue weighted by Crippen LogP contribution is -2.39. The molecule has 3 N–H and O–H groups in total. The number of carbonyl (C=O) groups is 3. The second kappa shape index (κ2) is 9.91. The molecule has 0 aromatic heterocycles. The highest BCUT2D eigenvalue weighted by Gasteiger charge is 2.17. The van der Waals surface area contributed by atoms with Crippen molar-refractivity contribution >= 4 is 27.8 Å². The summed E-state index contributed by atoms with van der Waals surface area (Å²) in [6.07, 6.45) is 1.30. The van der Waals surface area contributed by atoms with Crippen molar-refractivity contribution in [2.24, 2.45) is 5.92 Å². The molecule has 0 fully saturated rings. The Kier molecular flexibility index (Phi) is 8.24. The van der Waals surface area contributed by atoms with E-state index < -0.39 is 40.1 Å². The maximum atomic E-state index is 11.9. The maximum absolute atomic E-state index is 11.9. The van der Waals surface area contributed by atoms with Gasteiger partial charge in [-0.2, -0.15) is 0 Å². The first-order valence-corrected chi connectivity index (χ1v) is 9.87. The van der Waals surface area contributed by atoms with E-state index in [1.165, 1.54) is 0 Å². The second-order valence-electron chi connectivity index (χ2n) is 6.27. The van der Waals surface area contributed by atoms with Crippen LogP contribution in [0.5, 0.6) is 0 Å². The molecule has 0 aliphatic heterocycles. The molecule has 9 heteroatoms. The molecule has 0 heterocycles. The van der Waals surface area contributed by atoms with E-state index in [-0.39, 0.29) is 6.42 Å². The summed E-state index contributed by atoms with van der Waals surface area (Å²) < 4.78 is 25.5. The molecule has 1 aromatic rings. The molecule has 0 saturated carbocycles. The Labute approximate surface area is 153 Å². The zero-order valence-electron chi connectivity index (χ0n) is 14.8. The lowest BCUT2D eigenvalue weighted by atomic mass is 9.95. The summed E-state index contributed by atoms with van der Waals surface area (Å²) in [6, 6.07) is 7.71. The molecule has 0 aliphatic rings. The fourth-order valence-corrected chi connectivity index (χ4v) is 3.26. The summed E-state index contributed by atoms with van der Waals surface area (Å²) in [7, 11) is -3.94. The van der Waals surface area contributed by atoms with E-state index in [1.807, 2.05) is 34.3 Å². The van der Waals surface area contributed by atoms with Crippen LogP contribution in [-0.2, 0) is 37.2 Å². The van der Waals surface area contributed by atoms with E-state index in [9.17, 15) is 22.8 Å². The van der Waals surface area contributed by atoms with E-state index in [0.717, 1.165) is 17.5 Å². The van der Waals surface area contributed by atoms with Crippen molar-refractivity contribution in [3.8, 4) is 0 Å². The van der Waals surface area contributed by atoms with Crippen molar-refractivity contribution < 1.29 is 27.9 Å². The van der Waals surface area contributed by atoms with Gasteiger partial charge in [0.2, 0.25) is 15.9 Å². The van der Waals surface area contributed by atoms with E-state index in [4.69, 9.17) is 5.11 Å². The van der Waals surface area contributed by atoms with Gasteiger partial charge in [0.25, 0.3) is 0 Å². The number of hydrogen-bond acceptors (Lipinski definition) is 5. The smallest absolute Gasteiger partial charge is 0.394 e. The fourth-order valence-electron chi connectivity index (χ4n) is 2.34. The summed E-state index contributed by atoms with van der Waals surface area (Å²) in [6.45, 7) is 3.80. The third kappa shape index (κ3) is 8.11. The summed E-state index contributed by atoms with van der Waals surface area (Å²) in [5.41, 5.74) is 2.14. The number of hydrogen-bond donors (Lipinski definition) is 3. The molecule has 0 unspecified atom stereocenters. The van der Waals surface area contributed by atoms with Gasteiger partial charge in [-0.15, -0.1) is 0 Å². The predicted octanol–water partition coefficient (Wildman–Crippen LogP) is 0.465. The molecule has 0 bridgehead atoms.